The largest absolute Gasteiger partial charge is 0.309 e. The van der Waals surface area contributed by atoms with Crippen LogP contribution < -0.4 is 4.90 Å². The van der Waals surface area contributed by atoms with Crippen LogP contribution in [0.25, 0.3) is 75.1 Å². The molecule has 0 saturated heterocycles. The first kappa shape index (κ1) is 30.4. The monoisotopic (exact) mass is 679 g/mol. The topological polar surface area (TPSA) is 3.24 Å². The van der Waals surface area contributed by atoms with Gasteiger partial charge in [0.05, 0.1) is 5.69 Å². The van der Waals surface area contributed by atoms with E-state index in [0.717, 1.165) is 11.4 Å². The maximum Gasteiger partial charge on any atom is 0.0633 e. The van der Waals surface area contributed by atoms with Crippen LogP contribution in [0.4, 0.5) is 17.1 Å². The van der Waals surface area contributed by atoms with Crippen molar-refractivity contribution in [3.63, 3.8) is 0 Å². The first-order valence-corrected chi connectivity index (χ1v) is 18.6. The van der Waals surface area contributed by atoms with Crippen LogP contribution in [-0.2, 0) is 0 Å². The van der Waals surface area contributed by atoms with Crippen molar-refractivity contribution >= 4 is 70.1 Å². The second-order valence-electron chi connectivity index (χ2n) is 13.3. The van der Waals surface area contributed by atoms with Crippen molar-refractivity contribution < 1.29 is 0 Å². The third-order valence-electron chi connectivity index (χ3n) is 10.3. The Bertz CT molecular complexity index is 2770. The molecule has 0 aliphatic heterocycles. The molecule has 0 bridgehead atoms. The molecule has 1 nitrogen and oxygen atoms in total. The molecular formula is C50H33NS. The number of hydrogen-bond donors (Lipinski definition) is 0. The summed E-state index contributed by atoms with van der Waals surface area (Å²) in [5.41, 5.74) is 10.6. The van der Waals surface area contributed by atoms with E-state index in [0.29, 0.717) is 0 Å². The van der Waals surface area contributed by atoms with E-state index in [2.05, 4.69) is 205 Å². The lowest BCUT2D eigenvalue weighted by Crippen LogP contribution is -2.12. The Kier molecular flexibility index (Phi) is 7.41. The lowest BCUT2D eigenvalue weighted by atomic mass is 9.93. The van der Waals surface area contributed by atoms with Crippen LogP contribution in [-0.4, -0.2) is 0 Å². The summed E-state index contributed by atoms with van der Waals surface area (Å²) in [6, 6.07) is 72.8. The molecule has 2 heteroatoms. The normalized spacial score (nSPS) is 11.5. The third kappa shape index (κ3) is 5.07. The average Bonchev–Trinajstić information content (AvgIpc) is 3.63. The molecule has 0 saturated carbocycles. The molecule has 244 valence electrons. The fourth-order valence-corrected chi connectivity index (χ4v) is 9.09. The first-order chi connectivity index (χ1) is 25.8. The van der Waals surface area contributed by atoms with Crippen molar-refractivity contribution in [1.29, 1.82) is 0 Å². The molecule has 0 aliphatic carbocycles. The highest BCUT2D eigenvalue weighted by Gasteiger charge is 2.25. The number of anilines is 3. The van der Waals surface area contributed by atoms with Crippen LogP contribution in [0.5, 0.6) is 0 Å². The Labute approximate surface area is 307 Å². The molecule has 0 atom stereocenters. The molecule has 9 aromatic carbocycles. The van der Waals surface area contributed by atoms with Gasteiger partial charge in [0.25, 0.3) is 0 Å². The van der Waals surface area contributed by atoms with Gasteiger partial charge in [-0.2, -0.15) is 0 Å². The van der Waals surface area contributed by atoms with E-state index in [1.165, 1.54) is 80.8 Å². The number of thiophene rings is 1. The molecule has 0 aliphatic rings. The van der Waals surface area contributed by atoms with E-state index in [4.69, 9.17) is 0 Å². The summed E-state index contributed by atoms with van der Waals surface area (Å²) >= 11 is 1.90. The second kappa shape index (κ2) is 12.7. The van der Waals surface area contributed by atoms with Gasteiger partial charge in [0.15, 0.2) is 0 Å². The highest BCUT2D eigenvalue weighted by atomic mass is 32.1. The number of fused-ring (bicyclic) bond motifs is 8. The third-order valence-corrected chi connectivity index (χ3v) is 11.4. The molecule has 0 spiro atoms. The maximum atomic E-state index is 2.49. The van der Waals surface area contributed by atoms with Gasteiger partial charge in [-0.05, 0) is 74.3 Å². The van der Waals surface area contributed by atoms with Crippen LogP contribution in [0.1, 0.15) is 0 Å². The molecular weight excluding hydrogens is 647 g/mol. The van der Waals surface area contributed by atoms with Crippen LogP contribution in [0.3, 0.4) is 0 Å². The van der Waals surface area contributed by atoms with Crippen LogP contribution in [0.15, 0.2) is 200 Å². The molecule has 1 aromatic heterocycles. The first-order valence-electron chi connectivity index (χ1n) is 17.8. The molecule has 10 rings (SSSR count). The number of benzene rings is 9. The summed E-state index contributed by atoms with van der Waals surface area (Å²) < 4.78 is 2.60. The quantitative estimate of drug-likeness (QED) is 0.158. The summed E-state index contributed by atoms with van der Waals surface area (Å²) in [7, 11) is 0. The smallest absolute Gasteiger partial charge is 0.0633 e. The van der Waals surface area contributed by atoms with Gasteiger partial charge in [-0.1, -0.05) is 170 Å². The number of nitrogens with zero attached hydrogens (tertiary/aromatic N) is 1. The predicted octanol–water partition coefficient (Wildman–Crippen LogP) is 14.8. The number of rotatable bonds is 6. The van der Waals surface area contributed by atoms with E-state index < -0.39 is 0 Å². The molecule has 0 unspecified atom stereocenters. The van der Waals surface area contributed by atoms with Crippen molar-refractivity contribution in [2.45, 2.75) is 0 Å². The van der Waals surface area contributed by atoms with Gasteiger partial charge >= 0.3 is 0 Å². The van der Waals surface area contributed by atoms with Gasteiger partial charge < -0.3 is 4.90 Å². The van der Waals surface area contributed by atoms with Crippen LogP contribution in [0, 0.1) is 0 Å². The lowest BCUT2D eigenvalue weighted by Gasteiger charge is -2.29. The van der Waals surface area contributed by atoms with E-state index >= 15 is 0 Å². The fourth-order valence-electron chi connectivity index (χ4n) is 7.83. The highest BCUT2D eigenvalue weighted by Crippen LogP contribution is 2.52. The van der Waals surface area contributed by atoms with Gasteiger partial charge in [0.1, 0.15) is 0 Å². The predicted molar refractivity (Wildman–Crippen MR) is 225 cm³/mol. The Balaban J connectivity index is 1.31. The summed E-state index contributed by atoms with van der Waals surface area (Å²) in [5.74, 6) is 0. The van der Waals surface area contributed by atoms with Crippen molar-refractivity contribution in [2.75, 3.05) is 4.90 Å². The van der Waals surface area contributed by atoms with E-state index in [9.17, 15) is 0 Å². The van der Waals surface area contributed by atoms with Crippen molar-refractivity contribution in [2.24, 2.45) is 0 Å². The molecule has 52 heavy (non-hydrogen) atoms. The van der Waals surface area contributed by atoms with Gasteiger partial charge in [-0.25, -0.2) is 0 Å². The summed E-state index contributed by atoms with van der Waals surface area (Å²) in [6.45, 7) is 0. The lowest BCUT2D eigenvalue weighted by molar-refractivity contribution is 1.30. The van der Waals surface area contributed by atoms with Gasteiger partial charge in [-0.3, -0.25) is 0 Å². The summed E-state index contributed by atoms with van der Waals surface area (Å²) in [6.07, 6.45) is 0. The fraction of sp³-hybridized carbons (Fsp3) is 0. The number of hydrogen-bond acceptors (Lipinski definition) is 2. The van der Waals surface area contributed by atoms with Crippen molar-refractivity contribution in [1.82, 2.24) is 0 Å². The highest BCUT2D eigenvalue weighted by molar-refractivity contribution is 7.27. The second-order valence-corrected chi connectivity index (χ2v) is 14.3. The minimum absolute atomic E-state index is 1.11. The zero-order chi connectivity index (χ0) is 34.4. The summed E-state index contributed by atoms with van der Waals surface area (Å²) in [5, 5.41) is 7.76. The van der Waals surface area contributed by atoms with Crippen LogP contribution in [0.2, 0.25) is 0 Å². The molecule has 0 radical (unpaired) electrons. The zero-order valence-corrected chi connectivity index (χ0v) is 29.2. The SMILES string of the molecule is c1ccc(-c2ccc(N(c3ccc(-c4ccccc4)cc3)c3c(-c4ccccc4)ccc4sc5c6ccccc6c6ccccc6c5c34)cc2)cc1. The van der Waals surface area contributed by atoms with E-state index in [-0.39, 0.29) is 0 Å². The van der Waals surface area contributed by atoms with Crippen molar-refractivity contribution in [3.05, 3.63) is 200 Å². The van der Waals surface area contributed by atoms with Gasteiger partial charge in [0.2, 0.25) is 0 Å². The molecule has 10 aromatic rings. The van der Waals surface area contributed by atoms with Gasteiger partial charge in [0, 0.05) is 42.5 Å². The average molecular weight is 680 g/mol. The molecule has 1 heterocycles. The zero-order valence-electron chi connectivity index (χ0n) is 28.4. The van der Waals surface area contributed by atoms with Gasteiger partial charge in [-0.15, -0.1) is 11.3 Å². The molecule has 0 N–H and O–H groups in total. The standard InChI is InChI=1S/C50H33NS/c1-4-14-34(15-5-1)36-24-28-39(29-25-36)51(40-30-26-37(27-31-40)35-16-6-2-7-17-35)49-41(38-18-8-3-9-19-38)32-33-46-48(49)47-44-22-12-10-20-42(44)43-21-11-13-23-45(43)50(47)52-46/h1-33H. The van der Waals surface area contributed by atoms with Crippen LogP contribution >= 0.6 is 11.3 Å². The Morgan fingerprint density at radius 2 is 0.731 bits per heavy atom. The summed E-state index contributed by atoms with van der Waals surface area (Å²) in [4.78, 5) is 2.49. The maximum absolute atomic E-state index is 2.49. The Hall–Kier alpha value is -6.48. The van der Waals surface area contributed by atoms with Crippen molar-refractivity contribution in [3.8, 4) is 33.4 Å². The Morgan fingerprint density at radius 1 is 0.308 bits per heavy atom. The minimum Gasteiger partial charge on any atom is -0.309 e. The van der Waals surface area contributed by atoms with E-state index in [1.54, 1.807) is 0 Å². The van der Waals surface area contributed by atoms with E-state index in [1.807, 2.05) is 11.3 Å². The molecule has 0 fully saturated rings. The minimum atomic E-state index is 1.11. The molecule has 0 amide bonds. The Morgan fingerprint density at radius 3 is 1.27 bits per heavy atom.